The lowest BCUT2D eigenvalue weighted by Crippen LogP contribution is -1.85. The second kappa shape index (κ2) is 7.61. The van der Waals surface area contributed by atoms with Gasteiger partial charge >= 0.3 is 0 Å². The van der Waals surface area contributed by atoms with Crippen molar-refractivity contribution in [2.45, 2.75) is 27.7 Å². The molecule has 0 atom stereocenters. The highest BCUT2D eigenvalue weighted by Gasteiger charge is 2.02. The summed E-state index contributed by atoms with van der Waals surface area (Å²) in [5.41, 5.74) is 8.08. The van der Waals surface area contributed by atoms with Gasteiger partial charge in [-0.2, -0.15) is 0 Å². The molecule has 0 aliphatic carbocycles. The zero-order chi connectivity index (χ0) is 15.9. The van der Waals surface area contributed by atoms with Gasteiger partial charge in [0.25, 0.3) is 0 Å². The lowest BCUT2D eigenvalue weighted by Gasteiger charge is -2.08. The second-order valence-electron chi connectivity index (χ2n) is 5.71. The van der Waals surface area contributed by atoms with E-state index in [-0.39, 0.29) is 0 Å². The van der Waals surface area contributed by atoms with E-state index < -0.39 is 0 Å². The average Bonchev–Trinajstić information content (AvgIpc) is 2.52. The van der Waals surface area contributed by atoms with Crippen molar-refractivity contribution in [1.29, 1.82) is 0 Å². The molecule has 112 valence electrons. The fraction of sp³-hybridized carbons (Fsp3) is 0.182. The molecule has 3 aromatic rings. The fourth-order valence-electron chi connectivity index (χ4n) is 2.41. The van der Waals surface area contributed by atoms with Gasteiger partial charge in [-0.1, -0.05) is 72.8 Å². The van der Waals surface area contributed by atoms with Crippen LogP contribution < -0.4 is 0 Å². The van der Waals surface area contributed by atoms with Crippen LogP contribution in [0, 0.1) is 27.7 Å². The molecule has 0 amide bonds. The Kier molecular flexibility index (Phi) is 5.55. The van der Waals surface area contributed by atoms with Gasteiger partial charge < -0.3 is 0 Å². The summed E-state index contributed by atoms with van der Waals surface area (Å²) >= 11 is 0. The average molecular weight is 288 g/mol. The van der Waals surface area contributed by atoms with E-state index in [0.717, 1.165) is 0 Å². The van der Waals surface area contributed by atoms with Crippen molar-refractivity contribution < 1.29 is 0 Å². The Hall–Kier alpha value is -2.34. The number of rotatable bonds is 1. The number of hydrogen-bond acceptors (Lipinski definition) is 0. The van der Waals surface area contributed by atoms with E-state index in [0.29, 0.717) is 0 Å². The van der Waals surface area contributed by atoms with E-state index in [4.69, 9.17) is 0 Å². The van der Waals surface area contributed by atoms with E-state index in [1.807, 2.05) is 0 Å². The van der Waals surface area contributed by atoms with Crippen molar-refractivity contribution in [3.8, 4) is 11.1 Å². The predicted molar refractivity (Wildman–Crippen MR) is 97.3 cm³/mol. The van der Waals surface area contributed by atoms with Gasteiger partial charge in [-0.05, 0) is 61.1 Å². The topological polar surface area (TPSA) is 0 Å². The minimum atomic E-state index is 1.34. The van der Waals surface area contributed by atoms with Crippen molar-refractivity contribution in [2.24, 2.45) is 0 Å². The zero-order valence-electron chi connectivity index (χ0n) is 13.9. The Morgan fingerprint density at radius 3 is 0.909 bits per heavy atom. The molecule has 0 aliphatic rings. The highest BCUT2D eigenvalue weighted by Crippen LogP contribution is 2.25. The van der Waals surface area contributed by atoms with Gasteiger partial charge in [-0.3, -0.25) is 0 Å². The number of aryl methyl sites for hydroxylation is 4. The van der Waals surface area contributed by atoms with Crippen LogP contribution in [0.25, 0.3) is 11.1 Å². The molecular formula is C22H24. The lowest BCUT2D eigenvalue weighted by molar-refractivity contribution is 1.34. The van der Waals surface area contributed by atoms with Crippen LogP contribution in [0.1, 0.15) is 22.3 Å². The molecule has 3 aromatic carbocycles. The lowest BCUT2D eigenvalue weighted by atomic mass is 9.97. The maximum Gasteiger partial charge on any atom is -0.0152 e. The van der Waals surface area contributed by atoms with Crippen molar-refractivity contribution >= 4 is 0 Å². The number of benzene rings is 3. The van der Waals surface area contributed by atoms with Crippen LogP contribution in [-0.2, 0) is 0 Å². The van der Waals surface area contributed by atoms with Crippen molar-refractivity contribution in [3.63, 3.8) is 0 Å². The summed E-state index contributed by atoms with van der Waals surface area (Å²) in [5, 5.41) is 0. The maximum absolute atomic E-state index is 2.18. The van der Waals surface area contributed by atoms with Crippen LogP contribution in [0.3, 0.4) is 0 Å². The summed E-state index contributed by atoms with van der Waals surface area (Å²) in [5.74, 6) is 0. The second-order valence-corrected chi connectivity index (χ2v) is 5.71. The molecule has 3 rings (SSSR count). The predicted octanol–water partition coefficient (Wildman–Crippen LogP) is 6.27. The molecule has 0 aliphatic heterocycles. The van der Waals surface area contributed by atoms with Crippen molar-refractivity contribution in [3.05, 3.63) is 95.1 Å². The number of hydrogen-bond donors (Lipinski definition) is 0. The van der Waals surface area contributed by atoms with E-state index in [1.54, 1.807) is 0 Å². The third-order valence-corrected chi connectivity index (χ3v) is 4.01. The van der Waals surface area contributed by atoms with E-state index >= 15 is 0 Å². The summed E-state index contributed by atoms with van der Waals surface area (Å²) in [6.45, 7) is 8.55. The molecule has 0 heteroatoms. The molecule has 0 bridgehead atoms. The quantitative estimate of drug-likeness (QED) is 0.494. The highest BCUT2D eigenvalue weighted by atomic mass is 14.1. The Bertz CT molecular complexity index is 674. The molecular weight excluding hydrogens is 264 g/mol. The molecule has 0 fully saturated rings. The first-order chi connectivity index (χ1) is 10.6. The minimum absolute atomic E-state index is 1.34. The van der Waals surface area contributed by atoms with Crippen LogP contribution in [0.5, 0.6) is 0 Å². The van der Waals surface area contributed by atoms with Crippen LogP contribution in [0.15, 0.2) is 72.8 Å². The standard InChI is InChI=1S/C14H14.C8H10/c1-11-7-3-5-9-13(11)14-10-6-4-8-12(14)2;1-7-5-3-4-6-8(7)2/h3-10H,1-2H3;3-6H,1-2H3. The van der Waals surface area contributed by atoms with Gasteiger partial charge in [-0.25, -0.2) is 0 Å². The van der Waals surface area contributed by atoms with Crippen molar-refractivity contribution in [2.75, 3.05) is 0 Å². The Balaban J connectivity index is 0.000000188. The third-order valence-electron chi connectivity index (χ3n) is 4.01. The highest BCUT2D eigenvalue weighted by molar-refractivity contribution is 5.70. The Morgan fingerprint density at radius 1 is 0.364 bits per heavy atom. The van der Waals surface area contributed by atoms with Crippen LogP contribution >= 0.6 is 0 Å². The van der Waals surface area contributed by atoms with Gasteiger partial charge in [-0.15, -0.1) is 0 Å². The summed E-state index contributed by atoms with van der Waals surface area (Å²) in [6.07, 6.45) is 0. The monoisotopic (exact) mass is 288 g/mol. The molecule has 0 saturated carbocycles. The maximum atomic E-state index is 2.18. The normalized spacial score (nSPS) is 9.82. The first-order valence-electron chi connectivity index (χ1n) is 7.73. The van der Waals surface area contributed by atoms with Crippen LogP contribution in [0.4, 0.5) is 0 Å². The summed E-state index contributed by atoms with van der Waals surface area (Å²) in [7, 11) is 0. The SMILES string of the molecule is Cc1ccccc1-c1ccccc1C.Cc1ccccc1C. The van der Waals surface area contributed by atoms with Gasteiger partial charge in [0.05, 0.1) is 0 Å². The van der Waals surface area contributed by atoms with Gasteiger partial charge in [0.15, 0.2) is 0 Å². The third kappa shape index (κ3) is 4.08. The molecule has 0 aromatic heterocycles. The van der Waals surface area contributed by atoms with Crippen molar-refractivity contribution in [1.82, 2.24) is 0 Å². The molecule has 0 radical (unpaired) electrons. The van der Waals surface area contributed by atoms with E-state index in [2.05, 4.69) is 100 Å². The summed E-state index contributed by atoms with van der Waals surface area (Å²) in [6, 6.07) is 25.4. The molecule has 0 nitrogen and oxygen atoms in total. The molecule has 0 heterocycles. The summed E-state index contributed by atoms with van der Waals surface area (Å²) < 4.78 is 0. The molecule has 0 spiro atoms. The van der Waals surface area contributed by atoms with Gasteiger partial charge in [0.1, 0.15) is 0 Å². The smallest absolute Gasteiger partial charge is 0.0152 e. The Morgan fingerprint density at radius 2 is 0.636 bits per heavy atom. The fourth-order valence-corrected chi connectivity index (χ4v) is 2.41. The first-order valence-corrected chi connectivity index (χ1v) is 7.73. The van der Waals surface area contributed by atoms with Crippen LogP contribution in [0.2, 0.25) is 0 Å². The zero-order valence-corrected chi connectivity index (χ0v) is 13.9. The van der Waals surface area contributed by atoms with E-state index in [1.165, 1.54) is 33.4 Å². The molecule has 0 saturated heterocycles. The van der Waals surface area contributed by atoms with E-state index in [9.17, 15) is 0 Å². The summed E-state index contributed by atoms with van der Waals surface area (Å²) in [4.78, 5) is 0. The largest absolute Gasteiger partial charge is 0.0620 e. The minimum Gasteiger partial charge on any atom is -0.0620 e. The van der Waals surface area contributed by atoms with Crippen LogP contribution in [-0.4, -0.2) is 0 Å². The molecule has 0 unspecified atom stereocenters. The molecule has 22 heavy (non-hydrogen) atoms. The van der Waals surface area contributed by atoms with Gasteiger partial charge in [0, 0.05) is 0 Å². The molecule has 0 N–H and O–H groups in total. The van der Waals surface area contributed by atoms with Gasteiger partial charge in [0.2, 0.25) is 0 Å². The first kappa shape index (κ1) is 16.0. The Labute approximate surface area is 134 Å².